The maximum Gasteiger partial charge on any atom is 0.262 e. The fourth-order valence-electron chi connectivity index (χ4n) is 2.61. The number of nitrogens with zero attached hydrogens (tertiary/aromatic N) is 1. The molecule has 0 fully saturated rings. The van der Waals surface area contributed by atoms with E-state index in [1.165, 1.54) is 0 Å². The van der Waals surface area contributed by atoms with Crippen LogP contribution in [0.25, 0.3) is 0 Å². The van der Waals surface area contributed by atoms with E-state index < -0.39 is 0 Å². The van der Waals surface area contributed by atoms with Gasteiger partial charge in [0.15, 0.2) is 6.61 Å². The molecule has 0 bridgehead atoms. The van der Waals surface area contributed by atoms with Crippen molar-refractivity contribution in [3.05, 3.63) is 89.7 Å². The lowest BCUT2D eigenvalue weighted by atomic mass is 10.1. The van der Waals surface area contributed by atoms with Gasteiger partial charge in [0.25, 0.3) is 11.8 Å². The number of benzene rings is 2. The largest absolute Gasteiger partial charge is 0.484 e. The summed E-state index contributed by atoms with van der Waals surface area (Å²) in [6.45, 7) is 2.16. The van der Waals surface area contributed by atoms with Gasteiger partial charge in [-0.3, -0.25) is 14.6 Å². The predicted octanol–water partition coefficient (Wildman–Crippen LogP) is 3.34. The summed E-state index contributed by atoms with van der Waals surface area (Å²) in [6, 6.07) is 18.0. The lowest BCUT2D eigenvalue weighted by molar-refractivity contribution is -0.118. The Bertz CT molecular complexity index is 958. The van der Waals surface area contributed by atoms with Crippen LogP contribution < -0.4 is 15.4 Å². The highest BCUT2D eigenvalue weighted by Gasteiger charge is 2.13. The van der Waals surface area contributed by atoms with E-state index in [1.807, 2.05) is 37.3 Å². The molecule has 1 aromatic heterocycles. The molecule has 1 heterocycles. The summed E-state index contributed by atoms with van der Waals surface area (Å²) in [7, 11) is 0. The Balaban J connectivity index is 1.59. The van der Waals surface area contributed by atoms with Crippen LogP contribution in [-0.2, 0) is 11.3 Å². The van der Waals surface area contributed by atoms with Crippen molar-refractivity contribution in [3.8, 4) is 5.75 Å². The van der Waals surface area contributed by atoms with Crippen LogP contribution in [0.2, 0.25) is 0 Å². The zero-order valence-corrected chi connectivity index (χ0v) is 15.5. The van der Waals surface area contributed by atoms with Crippen molar-refractivity contribution in [2.45, 2.75) is 13.5 Å². The van der Waals surface area contributed by atoms with Crippen molar-refractivity contribution in [1.29, 1.82) is 0 Å². The van der Waals surface area contributed by atoms with Crippen molar-refractivity contribution in [3.63, 3.8) is 0 Å². The van der Waals surface area contributed by atoms with E-state index in [2.05, 4.69) is 15.6 Å². The monoisotopic (exact) mass is 375 g/mol. The molecule has 0 spiro atoms. The number of amides is 2. The average Bonchev–Trinajstić information content (AvgIpc) is 2.72. The first-order valence-corrected chi connectivity index (χ1v) is 8.87. The smallest absolute Gasteiger partial charge is 0.262 e. The topological polar surface area (TPSA) is 80.3 Å². The van der Waals surface area contributed by atoms with Crippen LogP contribution in [0.4, 0.5) is 5.69 Å². The number of rotatable bonds is 7. The number of hydrogen-bond donors (Lipinski definition) is 2. The molecule has 6 nitrogen and oxygen atoms in total. The Morgan fingerprint density at radius 1 is 1.04 bits per heavy atom. The fraction of sp³-hybridized carbons (Fsp3) is 0.136. The van der Waals surface area contributed by atoms with Gasteiger partial charge in [-0.05, 0) is 48.4 Å². The third-order valence-electron chi connectivity index (χ3n) is 3.98. The maximum absolute atomic E-state index is 12.5. The zero-order chi connectivity index (χ0) is 19.8. The lowest BCUT2D eigenvalue weighted by Crippen LogP contribution is -2.26. The van der Waals surface area contributed by atoms with Crippen molar-refractivity contribution in [2.24, 2.45) is 0 Å². The molecule has 142 valence electrons. The van der Waals surface area contributed by atoms with E-state index >= 15 is 0 Å². The van der Waals surface area contributed by atoms with Crippen molar-refractivity contribution < 1.29 is 14.3 Å². The highest BCUT2D eigenvalue weighted by molar-refractivity contribution is 6.04. The normalized spacial score (nSPS) is 10.2. The van der Waals surface area contributed by atoms with Crippen molar-refractivity contribution in [1.82, 2.24) is 10.3 Å². The first kappa shape index (κ1) is 19.1. The summed E-state index contributed by atoms with van der Waals surface area (Å²) in [4.78, 5) is 28.8. The van der Waals surface area contributed by atoms with Crippen LogP contribution in [-0.4, -0.2) is 23.4 Å². The van der Waals surface area contributed by atoms with Crippen LogP contribution >= 0.6 is 0 Å². The van der Waals surface area contributed by atoms with Crippen LogP contribution in [0.1, 0.15) is 21.5 Å². The number of aromatic nitrogens is 1. The van der Waals surface area contributed by atoms with Gasteiger partial charge >= 0.3 is 0 Å². The molecule has 0 aliphatic heterocycles. The number of hydrogen-bond acceptors (Lipinski definition) is 4. The number of nitrogens with one attached hydrogen (secondary N) is 2. The quantitative estimate of drug-likeness (QED) is 0.664. The highest BCUT2D eigenvalue weighted by atomic mass is 16.5. The molecule has 6 heteroatoms. The molecular formula is C22H21N3O3. The summed E-state index contributed by atoms with van der Waals surface area (Å²) < 4.78 is 5.51. The SMILES string of the molecule is Cc1cccc(OCC(=O)Nc2ccccc2C(=O)NCc2cccnc2)c1. The molecule has 28 heavy (non-hydrogen) atoms. The molecule has 0 radical (unpaired) electrons. The van der Waals surface area contributed by atoms with Crippen LogP contribution in [0.15, 0.2) is 73.1 Å². The van der Waals surface area contributed by atoms with Crippen LogP contribution in [0, 0.1) is 6.92 Å². The summed E-state index contributed by atoms with van der Waals surface area (Å²) in [5.74, 6) is 0.00557. The first-order chi connectivity index (χ1) is 13.6. The second-order valence-electron chi connectivity index (χ2n) is 6.24. The molecule has 0 aliphatic carbocycles. The molecule has 0 atom stereocenters. The predicted molar refractivity (Wildman–Crippen MR) is 107 cm³/mol. The van der Waals surface area contributed by atoms with Gasteiger partial charge in [-0.1, -0.05) is 30.3 Å². The van der Waals surface area contributed by atoms with Gasteiger partial charge in [0.05, 0.1) is 11.3 Å². The number of carbonyl (C=O) groups excluding carboxylic acids is 2. The number of carbonyl (C=O) groups is 2. The molecule has 2 N–H and O–H groups in total. The van der Waals surface area contributed by atoms with Gasteiger partial charge in [0.2, 0.25) is 0 Å². The van der Waals surface area contributed by atoms with E-state index in [4.69, 9.17) is 4.74 Å². The number of aryl methyl sites for hydroxylation is 1. The minimum atomic E-state index is -0.339. The molecule has 0 aliphatic rings. The van der Waals surface area contributed by atoms with Crippen molar-refractivity contribution in [2.75, 3.05) is 11.9 Å². The number of ether oxygens (including phenoxy) is 1. The van der Waals surface area contributed by atoms with Gasteiger partial charge in [0.1, 0.15) is 5.75 Å². The Kier molecular flexibility index (Phi) is 6.36. The Morgan fingerprint density at radius 3 is 2.68 bits per heavy atom. The minimum absolute atomic E-state index is 0.144. The first-order valence-electron chi connectivity index (χ1n) is 8.87. The molecule has 0 saturated carbocycles. The third kappa shape index (κ3) is 5.41. The van der Waals surface area contributed by atoms with Crippen molar-refractivity contribution >= 4 is 17.5 Å². The van der Waals surface area contributed by atoms with E-state index in [-0.39, 0.29) is 18.4 Å². The second kappa shape index (κ2) is 9.32. The summed E-state index contributed by atoms with van der Waals surface area (Å²) >= 11 is 0. The maximum atomic E-state index is 12.5. The van der Waals surface area contributed by atoms with Gasteiger partial charge in [-0.25, -0.2) is 0 Å². The van der Waals surface area contributed by atoms with Gasteiger partial charge in [-0.2, -0.15) is 0 Å². The Labute approximate surface area is 163 Å². The summed E-state index contributed by atoms with van der Waals surface area (Å²) in [5.41, 5.74) is 2.76. The average molecular weight is 375 g/mol. The van der Waals surface area contributed by atoms with Crippen LogP contribution in [0.3, 0.4) is 0 Å². The van der Waals surface area contributed by atoms with Gasteiger partial charge < -0.3 is 15.4 Å². The third-order valence-corrected chi connectivity index (χ3v) is 3.98. The Morgan fingerprint density at radius 2 is 1.89 bits per heavy atom. The van der Waals surface area contributed by atoms with Crippen LogP contribution in [0.5, 0.6) is 5.75 Å². The van der Waals surface area contributed by atoms with E-state index in [1.54, 1.807) is 42.7 Å². The molecule has 2 aromatic carbocycles. The fourth-order valence-corrected chi connectivity index (χ4v) is 2.61. The van der Waals surface area contributed by atoms with E-state index in [0.717, 1.165) is 11.1 Å². The summed E-state index contributed by atoms with van der Waals surface area (Å²) in [5, 5.41) is 5.57. The highest BCUT2D eigenvalue weighted by Crippen LogP contribution is 2.16. The lowest BCUT2D eigenvalue weighted by Gasteiger charge is -2.12. The Hall–Kier alpha value is -3.67. The van der Waals surface area contributed by atoms with E-state index in [0.29, 0.717) is 23.5 Å². The number of anilines is 1. The molecule has 3 aromatic rings. The molecular weight excluding hydrogens is 354 g/mol. The number of para-hydroxylation sites is 1. The molecule has 2 amide bonds. The van der Waals surface area contributed by atoms with Gasteiger partial charge in [0, 0.05) is 18.9 Å². The number of pyridine rings is 1. The minimum Gasteiger partial charge on any atom is -0.484 e. The zero-order valence-electron chi connectivity index (χ0n) is 15.5. The molecule has 0 unspecified atom stereocenters. The molecule has 3 rings (SSSR count). The summed E-state index contributed by atoms with van der Waals surface area (Å²) in [6.07, 6.45) is 3.37. The second-order valence-corrected chi connectivity index (χ2v) is 6.24. The molecule has 0 saturated heterocycles. The van der Waals surface area contributed by atoms with E-state index in [9.17, 15) is 9.59 Å². The standard InChI is InChI=1S/C22H21N3O3/c1-16-6-4-8-18(12-16)28-15-21(26)25-20-10-3-2-9-19(20)22(27)24-14-17-7-5-11-23-13-17/h2-13H,14-15H2,1H3,(H,24,27)(H,25,26). The van der Waals surface area contributed by atoms with Gasteiger partial charge in [-0.15, -0.1) is 0 Å².